The molecule has 17 heavy (non-hydrogen) atoms. The maximum atomic E-state index is 9.41. The van der Waals surface area contributed by atoms with Crippen molar-refractivity contribution < 1.29 is 5.11 Å². The zero-order valence-corrected chi connectivity index (χ0v) is 10.8. The Hall–Kier alpha value is -1.39. The van der Waals surface area contributed by atoms with Crippen LogP contribution in [0.25, 0.3) is 0 Å². The van der Waals surface area contributed by atoms with Gasteiger partial charge in [0.25, 0.3) is 0 Å². The Bertz CT molecular complexity index is 496. The van der Waals surface area contributed by atoms with Crippen molar-refractivity contribution in [2.45, 2.75) is 26.4 Å². The summed E-state index contributed by atoms with van der Waals surface area (Å²) in [5.41, 5.74) is 2.15. The van der Waals surface area contributed by atoms with Crippen LogP contribution in [-0.4, -0.2) is 10.1 Å². The number of phenols is 1. The number of thiazole rings is 1. The second kappa shape index (κ2) is 5.29. The predicted octanol–water partition coefficient (Wildman–Crippen LogP) is 3.01. The molecule has 2 rings (SSSR count). The van der Waals surface area contributed by atoms with Gasteiger partial charge in [-0.05, 0) is 31.5 Å². The molecular formula is C13H16N2OS. The summed E-state index contributed by atoms with van der Waals surface area (Å²) in [7, 11) is 0. The molecular weight excluding hydrogens is 232 g/mol. The largest absolute Gasteiger partial charge is 0.508 e. The van der Waals surface area contributed by atoms with E-state index in [9.17, 15) is 5.11 Å². The number of benzene rings is 1. The molecule has 0 spiro atoms. The predicted molar refractivity (Wildman–Crippen MR) is 70.2 cm³/mol. The summed E-state index contributed by atoms with van der Waals surface area (Å²) in [6.45, 7) is 4.84. The summed E-state index contributed by atoms with van der Waals surface area (Å²) in [6.07, 6.45) is 0. The quantitative estimate of drug-likeness (QED) is 0.874. The van der Waals surface area contributed by atoms with Crippen molar-refractivity contribution in [1.29, 1.82) is 0 Å². The summed E-state index contributed by atoms with van der Waals surface area (Å²) >= 11 is 1.66. The van der Waals surface area contributed by atoms with Crippen molar-refractivity contribution in [3.8, 4) is 5.75 Å². The Kier molecular flexibility index (Phi) is 3.76. The van der Waals surface area contributed by atoms with Crippen molar-refractivity contribution in [2.24, 2.45) is 0 Å². The van der Waals surface area contributed by atoms with Gasteiger partial charge in [0.05, 0.1) is 10.7 Å². The SMILES string of the molecule is Cc1nc(CNC(C)c2cccc(O)c2)cs1. The van der Waals surface area contributed by atoms with E-state index >= 15 is 0 Å². The van der Waals surface area contributed by atoms with Crippen LogP contribution in [0, 0.1) is 6.92 Å². The fourth-order valence-electron chi connectivity index (χ4n) is 1.66. The summed E-state index contributed by atoms with van der Waals surface area (Å²) in [4.78, 5) is 4.40. The zero-order chi connectivity index (χ0) is 12.3. The van der Waals surface area contributed by atoms with Crippen LogP contribution in [0.3, 0.4) is 0 Å². The van der Waals surface area contributed by atoms with Gasteiger partial charge in [0.1, 0.15) is 5.75 Å². The molecule has 0 radical (unpaired) electrons. The van der Waals surface area contributed by atoms with Gasteiger partial charge in [0.2, 0.25) is 0 Å². The van der Waals surface area contributed by atoms with Gasteiger partial charge in [-0.3, -0.25) is 0 Å². The lowest BCUT2D eigenvalue weighted by molar-refractivity contribution is 0.472. The van der Waals surface area contributed by atoms with Crippen molar-refractivity contribution in [2.75, 3.05) is 0 Å². The maximum Gasteiger partial charge on any atom is 0.115 e. The van der Waals surface area contributed by atoms with Crippen molar-refractivity contribution in [3.63, 3.8) is 0 Å². The van der Waals surface area contributed by atoms with Crippen LogP contribution in [0.1, 0.15) is 29.2 Å². The first-order valence-electron chi connectivity index (χ1n) is 5.58. The molecule has 1 aromatic heterocycles. The van der Waals surface area contributed by atoms with Gasteiger partial charge in [-0.1, -0.05) is 12.1 Å². The van der Waals surface area contributed by atoms with E-state index in [0.717, 1.165) is 22.8 Å². The number of nitrogens with one attached hydrogen (secondary N) is 1. The Morgan fingerprint density at radius 3 is 2.94 bits per heavy atom. The summed E-state index contributed by atoms with van der Waals surface area (Å²) in [6, 6.07) is 7.52. The van der Waals surface area contributed by atoms with E-state index in [2.05, 4.69) is 22.6 Å². The third-order valence-electron chi connectivity index (χ3n) is 2.63. The van der Waals surface area contributed by atoms with Gasteiger partial charge in [0.15, 0.2) is 0 Å². The molecule has 0 saturated carbocycles. The van der Waals surface area contributed by atoms with Crippen molar-refractivity contribution >= 4 is 11.3 Å². The molecule has 1 atom stereocenters. The summed E-state index contributed by atoms with van der Waals surface area (Å²) in [5.74, 6) is 0.306. The van der Waals surface area contributed by atoms with Crippen LogP contribution < -0.4 is 5.32 Å². The molecule has 2 aromatic rings. The van der Waals surface area contributed by atoms with E-state index in [1.165, 1.54) is 0 Å². The minimum Gasteiger partial charge on any atom is -0.508 e. The molecule has 4 heteroatoms. The third kappa shape index (κ3) is 3.28. The third-order valence-corrected chi connectivity index (χ3v) is 3.45. The molecule has 90 valence electrons. The van der Waals surface area contributed by atoms with E-state index < -0.39 is 0 Å². The average molecular weight is 248 g/mol. The molecule has 0 aliphatic rings. The molecule has 3 nitrogen and oxygen atoms in total. The standard InChI is InChI=1S/C13H16N2OS/c1-9(11-4-3-5-13(16)6-11)14-7-12-8-17-10(2)15-12/h3-6,8-9,14,16H,7H2,1-2H3. The van der Waals surface area contributed by atoms with Gasteiger partial charge < -0.3 is 10.4 Å². The van der Waals surface area contributed by atoms with Gasteiger partial charge in [-0.15, -0.1) is 11.3 Å². The van der Waals surface area contributed by atoms with E-state index in [1.54, 1.807) is 23.5 Å². The summed E-state index contributed by atoms with van der Waals surface area (Å²) in [5, 5.41) is 16.0. The van der Waals surface area contributed by atoms with Crippen LogP contribution in [0.2, 0.25) is 0 Å². The van der Waals surface area contributed by atoms with Gasteiger partial charge in [-0.25, -0.2) is 4.98 Å². The molecule has 0 amide bonds. The first kappa shape index (κ1) is 12.1. The maximum absolute atomic E-state index is 9.41. The number of hydrogen-bond acceptors (Lipinski definition) is 4. The Labute approximate surface area is 105 Å². The minimum atomic E-state index is 0.198. The van der Waals surface area contributed by atoms with E-state index in [-0.39, 0.29) is 6.04 Å². The summed E-state index contributed by atoms with van der Waals surface area (Å²) < 4.78 is 0. The highest BCUT2D eigenvalue weighted by molar-refractivity contribution is 7.09. The molecule has 0 saturated heterocycles. The highest BCUT2D eigenvalue weighted by Crippen LogP contribution is 2.18. The molecule has 1 heterocycles. The molecule has 0 fully saturated rings. The number of rotatable bonds is 4. The minimum absolute atomic E-state index is 0.198. The Morgan fingerprint density at radius 1 is 1.47 bits per heavy atom. The fraction of sp³-hybridized carbons (Fsp3) is 0.308. The average Bonchev–Trinajstić information content (AvgIpc) is 2.72. The normalized spacial score (nSPS) is 12.6. The second-order valence-electron chi connectivity index (χ2n) is 4.06. The highest BCUT2D eigenvalue weighted by Gasteiger charge is 2.06. The van der Waals surface area contributed by atoms with Crippen LogP contribution in [0.5, 0.6) is 5.75 Å². The van der Waals surface area contributed by atoms with Crippen molar-refractivity contribution in [3.05, 3.63) is 45.9 Å². The van der Waals surface area contributed by atoms with E-state index in [1.807, 2.05) is 19.1 Å². The molecule has 0 aliphatic heterocycles. The van der Waals surface area contributed by atoms with Gasteiger partial charge >= 0.3 is 0 Å². The second-order valence-corrected chi connectivity index (χ2v) is 5.12. The molecule has 0 aliphatic carbocycles. The first-order chi connectivity index (χ1) is 8.15. The number of nitrogens with zero attached hydrogens (tertiary/aromatic N) is 1. The number of aromatic hydroxyl groups is 1. The number of aromatic nitrogens is 1. The van der Waals surface area contributed by atoms with E-state index in [0.29, 0.717) is 5.75 Å². The molecule has 1 aromatic carbocycles. The van der Waals surface area contributed by atoms with Crippen LogP contribution in [-0.2, 0) is 6.54 Å². The van der Waals surface area contributed by atoms with E-state index in [4.69, 9.17) is 0 Å². The number of aryl methyl sites for hydroxylation is 1. The van der Waals surface area contributed by atoms with Crippen LogP contribution >= 0.6 is 11.3 Å². The Morgan fingerprint density at radius 2 is 2.29 bits per heavy atom. The van der Waals surface area contributed by atoms with Crippen LogP contribution in [0.15, 0.2) is 29.6 Å². The molecule has 0 bridgehead atoms. The highest BCUT2D eigenvalue weighted by atomic mass is 32.1. The lowest BCUT2D eigenvalue weighted by Crippen LogP contribution is -2.18. The molecule has 1 unspecified atom stereocenters. The lowest BCUT2D eigenvalue weighted by atomic mass is 10.1. The van der Waals surface area contributed by atoms with Gasteiger partial charge in [0, 0.05) is 18.0 Å². The Balaban J connectivity index is 1.95. The smallest absolute Gasteiger partial charge is 0.115 e. The van der Waals surface area contributed by atoms with Crippen LogP contribution in [0.4, 0.5) is 0 Å². The monoisotopic (exact) mass is 248 g/mol. The number of hydrogen-bond donors (Lipinski definition) is 2. The van der Waals surface area contributed by atoms with Crippen molar-refractivity contribution in [1.82, 2.24) is 10.3 Å². The first-order valence-corrected chi connectivity index (χ1v) is 6.46. The number of phenolic OH excluding ortho intramolecular Hbond substituents is 1. The fourth-order valence-corrected chi connectivity index (χ4v) is 2.27. The van der Waals surface area contributed by atoms with Gasteiger partial charge in [-0.2, -0.15) is 0 Å². The topological polar surface area (TPSA) is 45.2 Å². The zero-order valence-electron chi connectivity index (χ0n) is 9.97. The molecule has 2 N–H and O–H groups in total. The lowest BCUT2D eigenvalue weighted by Gasteiger charge is -2.13.